The Kier molecular flexibility index (Phi) is 4.29. The van der Waals surface area contributed by atoms with Crippen LogP contribution < -0.4 is 5.32 Å². The van der Waals surface area contributed by atoms with Crippen molar-refractivity contribution in [2.75, 3.05) is 6.54 Å². The Labute approximate surface area is 114 Å². The first-order valence-corrected chi connectivity index (χ1v) is 6.78. The van der Waals surface area contributed by atoms with Crippen LogP contribution in [0.2, 0.25) is 0 Å². The van der Waals surface area contributed by atoms with Gasteiger partial charge in [0.15, 0.2) is 0 Å². The van der Waals surface area contributed by atoms with Crippen molar-refractivity contribution in [3.63, 3.8) is 0 Å². The van der Waals surface area contributed by atoms with Gasteiger partial charge in [-0.1, -0.05) is 12.1 Å². The third kappa shape index (κ3) is 3.59. The zero-order chi connectivity index (χ0) is 13.9. The first-order chi connectivity index (χ1) is 8.99. The fraction of sp³-hybridized carbons (Fsp3) is 0.286. The van der Waals surface area contributed by atoms with Gasteiger partial charge >= 0.3 is 0 Å². The van der Waals surface area contributed by atoms with Crippen molar-refractivity contribution in [1.82, 2.24) is 5.32 Å². The van der Waals surface area contributed by atoms with Gasteiger partial charge < -0.3 is 10.4 Å². The zero-order valence-electron chi connectivity index (χ0n) is 10.5. The summed E-state index contributed by atoms with van der Waals surface area (Å²) < 4.78 is 26.1. The highest BCUT2D eigenvalue weighted by Gasteiger charge is 2.23. The molecule has 0 bridgehead atoms. The molecule has 2 rings (SSSR count). The Balaban J connectivity index is 1.93. The number of benzene rings is 1. The molecule has 2 N–H and O–H groups in total. The number of hydrogen-bond donors (Lipinski definition) is 2. The Hall–Kier alpha value is -1.30. The third-order valence-electron chi connectivity index (χ3n) is 2.85. The predicted octanol–water partition coefficient (Wildman–Crippen LogP) is 3.02. The smallest absolute Gasteiger partial charge is 0.130 e. The molecule has 5 heteroatoms. The summed E-state index contributed by atoms with van der Waals surface area (Å²) in [6.07, 6.45) is 0. The van der Waals surface area contributed by atoms with E-state index in [9.17, 15) is 13.9 Å². The van der Waals surface area contributed by atoms with Crippen LogP contribution in [0.4, 0.5) is 8.78 Å². The second-order valence-electron chi connectivity index (χ2n) is 4.59. The molecule has 102 valence electrons. The standard InChI is InChI=1S/C14H15F2NOS/c1-14(18,13-3-2-6-19-13)9-17-8-10-4-5-11(15)7-12(10)16/h2-7,17-18H,8-9H2,1H3. The molecule has 1 atom stereocenters. The lowest BCUT2D eigenvalue weighted by atomic mass is 10.1. The maximum absolute atomic E-state index is 13.4. The van der Waals surface area contributed by atoms with Crippen molar-refractivity contribution < 1.29 is 13.9 Å². The van der Waals surface area contributed by atoms with E-state index in [1.165, 1.54) is 23.5 Å². The molecule has 1 aromatic carbocycles. The summed E-state index contributed by atoms with van der Waals surface area (Å²) >= 11 is 1.47. The summed E-state index contributed by atoms with van der Waals surface area (Å²) in [6.45, 7) is 2.24. The maximum Gasteiger partial charge on any atom is 0.130 e. The summed E-state index contributed by atoms with van der Waals surface area (Å²) in [6, 6.07) is 7.20. The lowest BCUT2D eigenvalue weighted by Gasteiger charge is -2.22. The van der Waals surface area contributed by atoms with E-state index in [1.807, 2.05) is 17.5 Å². The molecule has 2 aromatic rings. The monoisotopic (exact) mass is 283 g/mol. The quantitative estimate of drug-likeness (QED) is 0.884. The van der Waals surface area contributed by atoms with Gasteiger partial charge in [-0.25, -0.2) is 8.78 Å². The third-order valence-corrected chi connectivity index (χ3v) is 3.97. The fourth-order valence-electron chi connectivity index (χ4n) is 1.78. The second-order valence-corrected chi connectivity index (χ2v) is 5.54. The zero-order valence-corrected chi connectivity index (χ0v) is 11.3. The van der Waals surface area contributed by atoms with Crippen molar-refractivity contribution in [2.24, 2.45) is 0 Å². The van der Waals surface area contributed by atoms with Crippen molar-refractivity contribution in [1.29, 1.82) is 0 Å². The summed E-state index contributed by atoms with van der Waals surface area (Å²) in [5.41, 5.74) is -0.617. The number of aliphatic hydroxyl groups is 1. The SMILES string of the molecule is CC(O)(CNCc1ccc(F)cc1F)c1cccs1. The highest BCUT2D eigenvalue weighted by atomic mass is 32.1. The van der Waals surface area contributed by atoms with Crippen LogP contribution >= 0.6 is 11.3 Å². The van der Waals surface area contributed by atoms with Crippen molar-refractivity contribution in [2.45, 2.75) is 19.1 Å². The van der Waals surface area contributed by atoms with Crippen LogP contribution in [0, 0.1) is 11.6 Å². The van der Waals surface area contributed by atoms with E-state index in [0.717, 1.165) is 10.9 Å². The number of thiophene rings is 1. The molecule has 0 saturated carbocycles. The van der Waals surface area contributed by atoms with Crippen LogP contribution in [-0.4, -0.2) is 11.7 Å². The van der Waals surface area contributed by atoms with Gasteiger partial charge in [-0.3, -0.25) is 0 Å². The number of hydrogen-bond acceptors (Lipinski definition) is 3. The highest BCUT2D eigenvalue weighted by Crippen LogP contribution is 2.24. The van der Waals surface area contributed by atoms with E-state index < -0.39 is 17.2 Å². The second kappa shape index (κ2) is 5.77. The van der Waals surface area contributed by atoms with Gasteiger partial charge in [0.1, 0.15) is 17.2 Å². The first kappa shape index (κ1) is 14.1. The molecule has 0 amide bonds. The van der Waals surface area contributed by atoms with Crippen molar-refractivity contribution >= 4 is 11.3 Å². The van der Waals surface area contributed by atoms with E-state index >= 15 is 0 Å². The maximum atomic E-state index is 13.4. The molecule has 0 saturated heterocycles. The molecule has 0 fully saturated rings. The van der Waals surface area contributed by atoms with Gasteiger partial charge in [0.25, 0.3) is 0 Å². The van der Waals surface area contributed by atoms with Crippen LogP contribution in [0.25, 0.3) is 0 Å². The number of rotatable bonds is 5. The minimum Gasteiger partial charge on any atom is -0.383 e. The molecular weight excluding hydrogens is 268 g/mol. The van der Waals surface area contributed by atoms with Crippen LogP contribution in [0.3, 0.4) is 0 Å². The molecule has 0 spiro atoms. The normalized spacial score (nSPS) is 14.3. The minimum absolute atomic E-state index is 0.244. The Bertz CT molecular complexity index is 540. The fourth-order valence-corrected chi connectivity index (χ4v) is 2.56. The van der Waals surface area contributed by atoms with E-state index in [1.54, 1.807) is 6.92 Å². The predicted molar refractivity (Wildman–Crippen MR) is 72.0 cm³/mol. The first-order valence-electron chi connectivity index (χ1n) is 5.90. The summed E-state index contributed by atoms with van der Waals surface area (Å²) in [4.78, 5) is 0.847. The molecule has 0 aliphatic heterocycles. The van der Waals surface area contributed by atoms with Gasteiger partial charge in [0.2, 0.25) is 0 Å². The molecule has 1 unspecified atom stereocenters. The van der Waals surface area contributed by atoms with Crippen LogP contribution in [0.5, 0.6) is 0 Å². The lowest BCUT2D eigenvalue weighted by molar-refractivity contribution is 0.0603. The average molecular weight is 283 g/mol. The van der Waals surface area contributed by atoms with E-state index in [-0.39, 0.29) is 6.54 Å². The Morgan fingerprint density at radius 3 is 2.74 bits per heavy atom. The van der Waals surface area contributed by atoms with E-state index in [0.29, 0.717) is 12.1 Å². The van der Waals surface area contributed by atoms with Crippen molar-refractivity contribution in [3.8, 4) is 0 Å². The minimum atomic E-state index is -0.995. The Morgan fingerprint density at radius 2 is 2.11 bits per heavy atom. The van der Waals surface area contributed by atoms with Crippen LogP contribution in [0.15, 0.2) is 35.7 Å². The van der Waals surface area contributed by atoms with E-state index in [2.05, 4.69) is 5.32 Å². The molecule has 1 aromatic heterocycles. The largest absolute Gasteiger partial charge is 0.383 e. The highest BCUT2D eigenvalue weighted by molar-refractivity contribution is 7.10. The molecule has 1 heterocycles. The summed E-state index contributed by atoms with van der Waals surface area (Å²) in [7, 11) is 0. The topological polar surface area (TPSA) is 32.3 Å². The van der Waals surface area contributed by atoms with Crippen LogP contribution in [0.1, 0.15) is 17.4 Å². The lowest BCUT2D eigenvalue weighted by Crippen LogP contribution is -2.34. The molecule has 2 nitrogen and oxygen atoms in total. The Morgan fingerprint density at radius 1 is 1.32 bits per heavy atom. The molecule has 0 aliphatic rings. The summed E-state index contributed by atoms with van der Waals surface area (Å²) in [5.74, 6) is -1.17. The molecule has 0 radical (unpaired) electrons. The average Bonchev–Trinajstić information content (AvgIpc) is 2.86. The number of nitrogens with one attached hydrogen (secondary N) is 1. The molecule has 0 aliphatic carbocycles. The summed E-state index contributed by atoms with van der Waals surface area (Å²) in [5, 5.41) is 15.1. The van der Waals surface area contributed by atoms with E-state index in [4.69, 9.17) is 0 Å². The van der Waals surface area contributed by atoms with Gasteiger partial charge in [0.05, 0.1) is 0 Å². The molecule has 19 heavy (non-hydrogen) atoms. The van der Waals surface area contributed by atoms with Gasteiger partial charge in [-0.05, 0) is 24.4 Å². The van der Waals surface area contributed by atoms with Crippen molar-refractivity contribution in [3.05, 3.63) is 57.8 Å². The van der Waals surface area contributed by atoms with Gasteiger partial charge in [-0.15, -0.1) is 11.3 Å². The van der Waals surface area contributed by atoms with Gasteiger partial charge in [0, 0.05) is 29.6 Å². The van der Waals surface area contributed by atoms with Gasteiger partial charge in [-0.2, -0.15) is 0 Å². The molecular formula is C14H15F2NOS. The number of halogens is 2. The van der Waals surface area contributed by atoms with Crippen LogP contribution in [-0.2, 0) is 12.1 Å².